The maximum absolute atomic E-state index is 13.3. The maximum atomic E-state index is 13.3. The highest BCUT2D eigenvalue weighted by Gasteiger charge is 2.45. The number of hydrogen-bond donors (Lipinski definition) is 0. The highest BCUT2D eigenvalue weighted by Crippen LogP contribution is 2.38. The van der Waals surface area contributed by atoms with E-state index in [1.807, 2.05) is 16.7 Å². The summed E-state index contributed by atoms with van der Waals surface area (Å²) in [5, 5.41) is 0. The molecule has 2 aliphatic rings. The summed E-state index contributed by atoms with van der Waals surface area (Å²) in [5.41, 5.74) is 2.53. The summed E-state index contributed by atoms with van der Waals surface area (Å²) in [5.74, 6) is -0.249. The molecule has 0 saturated heterocycles. The molecular weight excluding hydrogens is 424 g/mol. The van der Waals surface area contributed by atoms with Gasteiger partial charge < -0.3 is 31.5 Å². The molecule has 2 aromatic rings. The average molecular weight is 444 g/mol. The van der Waals surface area contributed by atoms with Crippen molar-refractivity contribution in [1.82, 2.24) is 19.8 Å². The third-order valence-corrected chi connectivity index (χ3v) is 5.03. The van der Waals surface area contributed by atoms with E-state index in [1.165, 1.54) is 0 Å². The Balaban J connectivity index is 0.00000225. The molecule has 1 unspecified atom stereocenters. The second kappa shape index (κ2) is 8.20. The maximum Gasteiger partial charge on any atom is 0.212 e. The number of methoxy groups -OCH3 is 1. The number of Topliss-reactive ketones (excluding diaryl/α,β-unsaturated/α-hetero) is 2. The highest BCUT2D eigenvalue weighted by molar-refractivity contribution is 6.26. The van der Waals surface area contributed by atoms with Crippen molar-refractivity contribution < 1.29 is 31.3 Å². The molecule has 28 heavy (non-hydrogen) atoms. The Morgan fingerprint density at radius 2 is 1.68 bits per heavy atom. The Labute approximate surface area is 173 Å². The van der Waals surface area contributed by atoms with Gasteiger partial charge in [-0.1, -0.05) is 24.3 Å². The molecule has 1 atom stereocenters. The molecule has 0 amide bonds. The smallest absolute Gasteiger partial charge is 0.212 e. The fraction of sp³-hybridized carbons (Fsp3) is 0.300. The second-order valence-corrected chi connectivity index (χ2v) is 6.54. The van der Waals surface area contributed by atoms with Crippen LogP contribution in [0.1, 0.15) is 33.3 Å². The van der Waals surface area contributed by atoms with Crippen LogP contribution < -0.4 is 17.0 Å². The van der Waals surface area contributed by atoms with Gasteiger partial charge in [0.05, 0.1) is 31.2 Å². The fourth-order valence-electron chi connectivity index (χ4n) is 3.71. The molecule has 0 N–H and O–H groups in total. The summed E-state index contributed by atoms with van der Waals surface area (Å²) in [7, 11) is 1.62. The number of ether oxygens (including phenoxy) is 1. The predicted octanol–water partition coefficient (Wildman–Crippen LogP) is -1.12. The molecule has 8 heteroatoms. The van der Waals surface area contributed by atoms with E-state index in [2.05, 4.69) is 9.97 Å². The van der Waals surface area contributed by atoms with Gasteiger partial charge in [-0.25, -0.2) is 0 Å². The molecule has 0 spiro atoms. The molecule has 4 rings (SSSR count). The van der Waals surface area contributed by atoms with Gasteiger partial charge >= 0.3 is 0 Å². The van der Waals surface area contributed by atoms with Crippen LogP contribution >= 0.6 is 0 Å². The first-order valence-electron chi connectivity index (χ1n) is 8.83. The van der Waals surface area contributed by atoms with Crippen LogP contribution in [-0.4, -0.2) is 57.8 Å². The Morgan fingerprint density at radius 1 is 1.04 bits per heavy atom. The SMILES string of the molecule is COCCN1C2=C(C(=O)c3ccccc3C2=O)N(Cc2cnccn2)C1C.[Br-]. The van der Waals surface area contributed by atoms with Gasteiger partial charge in [-0.05, 0) is 6.92 Å². The number of aromatic nitrogens is 2. The molecule has 146 valence electrons. The minimum absolute atomic E-state index is 0. The van der Waals surface area contributed by atoms with Crippen molar-refractivity contribution >= 4 is 11.6 Å². The van der Waals surface area contributed by atoms with Gasteiger partial charge in [-0.2, -0.15) is 0 Å². The molecule has 0 fully saturated rings. The highest BCUT2D eigenvalue weighted by atomic mass is 79.9. The minimum atomic E-state index is -0.172. The summed E-state index contributed by atoms with van der Waals surface area (Å²) in [6.45, 7) is 3.37. The average Bonchev–Trinajstić information content (AvgIpc) is 2.97. The zero-order chi connectivity index (χ0) is 19.0. The molecule has 1 aliphatic heterocycles. The molecule has 0 radical (unpaired) electrons. The lowest BCUT2D eigenvalue weighted by atomic mass is 9.90. The first-order chi connectivity index (χ1) is 13.1. The Kier molecular flexibility index (Phi) is 5.90. The quantitative estimate of drug-likeness (QED) is 0.579. The normalized spacial score (nSPS) is 18.1. The first-order valence-corrected chi connectivity index (χ1v) is 8.83. The number of carbonyl (C=O) groups is 2. The number of rotatable bonds is 5. The molecule has 1 aliphatic carbocycles. The molecule has 7 nitrogen and oxygen atoms in total. The standard InChI is InChI=1S/C20H20N4O3.BrH/c1-13-23(9-10-27-2)17-18(24(13)12-14-11-21-7-8-22-14)20(26)16-6-4-3-5-15(16)19(17)25;/h3-8,11,13H,9-10,12H2,1-2H3;1H/p-1. The fourth-order valence-corrected chi connectivity index (χ4v) is 3.71. The third-order valence-electron chi connectivity index (χ3n) is 5.03. The topological polar surface area (TPSA) is 75.6 Å². The van der Waals surface area contributed by atoms with Crippen molar-refractivity contribution in [3.8, 4) is 0 Å². The van der Waals surface area contributed by atoms with Gasteiger partial charge in [0.25, 0.3) is 0 Å². The van der Waals surface area contributed by atoms with E-state index < -0.39 is 0 Å². The van der Waals surface area contributed by atoms with Crippen LogP contribution in [0.15, 0.2) is 54.3 Å². The monoisotopic (exact) mass is 443 g/mol. The Morgan fingerprint density at radius 3 is 2.25 bits per heavy atom. The molecule has 2 heterocycles. The van der Waals surface area contributed by atoms with E-state index in [4.69, 9.17) is 4.74 Å². The van der Waals surface area contributed by atoms with Crippen molar-refractivity contribution in [2.24, 2.45) is 0 Å². The van der Waals surface area contributed by atoms with Crippen LogP contribution in [0.3, 0.4) is 0 Å². The number of benzene rings is 1. The zero-order valence-corrected chi connectivity index (χ0v) is 17.2. The molecule has 1 aromatic heterocycles. The van der Waals surface area contributed by atoms with Gasteiger partial charge in [0.2, 0.25) is 11.6 Å². The minimum Gasteiger partial charge on any atom is -1.00 e. The molecule has 0 bridgehead atoms. The van der Waals surface area contributed by atoms with Crippen molar-refractivity contribution in [3.05, 3.63) is 71.1 Å². The summed E-state index contributed by atoms with van der Waals surface area (Å²) in [6.07, 6.45) is 4.73. The molecule has 1 aromatic carbocycles. The van der Waals surface area contributed by atoms with E-state index >= 15 is 0 Å². The van der Waals surface area contributed by atoms with Crippen LogP contribution in [0, 0.1) is 0 Å². The van der Waals surface area contributed by atoms with Crippen molar-refractivity contribution in [3.63, 3.8) is 0 Å². The lowest BCUT2D eigenvalue weighted by molar-refractivity contribution is -0.0000203. The Bertz CT molecular complexity index is 932. The van der Waals surface area contributed by atoms with Crippen molar-refractivity contribution in [2.45, 2.75) is 19.6 Å². The van der Waals surface area contributed by atoms with E-state index in [1.54, 1.807) is 50.0 Å². The van der Waals surface area contributed by atoms with Crippen LogP contribution in [-0.2, 0) is 11.3 Å². The number of nitrogens with zero attached hydrogens (tertiary/aromatic N) is 4. The van der Waals surface area contributed by atoms with Crippen molar-refractivity contribution in [2.75, 3.05) is 20.3 Å². The van der Waals surface area contributed by atoms with E-state index in [0.717, 1.165) is 5.69 Å². The van der Waals surface area contributed by atoms with Crippen molar-refractivity contribution in [1.29, 1.82) is 0 Å². The van der Waals surface area contributed by atoms with Crippen LogP contribution in [0.5, 0.6) is 0 Å². The summed E-state index contributed by atoms with van der Waals surface area (Å²) in [4.78, 5) is 38.8. The number of carbonyl (C=O) groups excluding carboxylic acids is 2. The zero-order valence-electron chi connectivity index (χ0n) is 15.6. The lowest BCUT2D eigenvalue weighted by Gasteiger charge is -2.31. The third kappa shape index (κ3) is 3.22. The number of hydrogen-bond acceptors (Lipinski definition) is 7. The molecule has 0 saturated carbocycles. The lowest BCUT2D eigenvalue weighted by Crippen LogP contribution is -3.00. The summed E-state index contributed by atoms with van der Waals surface area (Å²) >= 11 is 0. The van der Waals surface area contributed by atoms with Gasteiger partial charge in [-0.15, -0.1) is 0 Å². The van der Waals surface area contributed by atoms with Gasteiger partial charge in [0.15, 0.2) is 0 Å². The van der Waals surface area contributed by atoms with Gasteiger partial charge in [0.1, 0.15) is 11.4 Å². The summed E-state index contributed by atoms with van der Waals surface area (Å²) < 4.78 is 5.22. The predicted molar refractivity (Wildman–Crippen MR) is 97.7 cm³/mol. The first kappa shape index (κ1) is 20.2. The number of fused-ring (bicyclic) bond motifs is 1. The largest absolute Gasteiger partial charge is 1.00 e. The van der Waals surface area contributed by atoms with E-state index in [0.29, 0.717) is 42.2 Å². The van der Waals surface area contributed by atoms with Crippen LogP contribution in [0.2, 0.25) is 0 Å². The summed E-state index contributed by atoms with van der Waals surface area (Å²) in [6, 6.07) is 6.99. The second-order valence-electron chi connectivity index (χ2n) is 6.54. The van der Waals surface area contributed by atoms with E-state index in [9.17, 15) is 9.59 Å². The van der Waals surface area contributed by atoms with E-state index in [-0.39, 0.29) is 34.7 Å². The number of allylic oxidation sites excluding steroid dienone is 2. The number of ketones is 2. The van der Waals surface area contributed by atoms with Crippen LogP contribution in [0.4, 0.5) is 0 Å². The van der Waals surface area contributed by atoms with Gasteiger partial charge in [-0.3, -0.25) is 19.6 Å². The van der Waals surface area contributed by atoms with Gasteiger partial charge in [0, 0.05) is 37.2 Å². The number of halogens is 1. The Hall–Kier alpha value is -2.58. The molecular formula is C20H20BrN4O3-. The van der Waals surface area contributed by atoms with Crippen LogP contribution in [0.25, 0.3) is 0 Å².